The number of benzene rings is 3. The van der Waals surface area contributed by atoms with Gasteiger partial charge in [0, 0.05) is 62.1 Å². The first-order valence-electron chi connectivity index (χ1n) is 24.1. The third-order valence-electron chi connectivity index (χ3n) is 16.2. The Morgan fingerprint density at radius 2 is 1.76 bits per heavy atom. The van der Waals surface area contributed by atoms with Crippen LogP contribution in [-0.2, 0) is 19.3 Å². The number of carbonyl (C=O) groups is 1. The lowest BCUT2D eigenvalue weighted by atomic mass is 9.59. The molecule has 12 rings (SSSR count). The van der Waals surface area contributed by atoms with Crippen LogP contribution in [0.15, 0.2) is 76.7 Å². The quantitative estimate of drug-likeness (QED) is 0.0988. The summed E-state index contributed by atoms with van der Waals surface area (Å²) < 4.78 is 56.3. The molecular formula is C50H56N8O9S. The SMILES string of the molecule is Cc1ccccc1[C@@H]1CCCN1C1CC2(CCN(c3ccc(C(N)=O)c(N4c5cc6cc[nH]c6nc5O[C@@H]5COC[C@@H]54)c3S(=O)(=O)c3cc4c(c([N+](=O)[O-])c3)N[C@@H](C3CCOCC3)CO4)CC2)C1. The first-order chi connectivity index (χ1) is 33.0. The minimum Gasteiger partial charge on any atom is -0.489 e. The number of aromatic nitrogens is 2. The van der Waals surface area contributed by atoms with Crippen molar-refractivity contribution >= 4 is 55.2 Å². The Morgan fingerprint density at radius 1 is 0.956 bits per heavy atom. The standard InChI is InChI=1S/C50H56N8O9S/c1-29-5-2-3-6-34(29)37-7-4-16-56(37)32-24-50(25-32)13-17-55(18-14-50)38-9-8-35(47(51)59)45(57-40-21-31-10-15-52-48(31)54-49(40)67-43-28-65-27-41(43)57)46(38)68(62,63)33-22-39(58(60)61)44-42(23-33)66-26-36(53-44)30-11-19-64-20-12-30/h2-3,5-6,8-10,15,21-23,30,32,36-37,41,43,53H,4,7,11-14,16-20,24-28H2,1H3,(H2,51,59)(H,52,54)/t36-,37+,41+,43-/m1/s1. The number of carbonyl (C=O) groups excluding carboxylic acids is 1. The number of piperidine rings is 1. The van der Waals surface area contributed by atoms with Gasteiger partial charge in [0.1, 0.15) is 28.9 Å². The second-order valence-corrected chi connectivity index (χ2v) is 21.8. The van der Waals surface area contributed by atoms with Gasteiger partial charge < -0.3 is 44.8 Å². The first kappa shape index (κ1) is 43.3. The van der Waals surface area contributed by atoms with Crippen LogP contribution in [0.4, 0.5) is 28.4 Å². The predicted octanol–water partition coefficient (Wildman–Crippen LogP) is 7.19. The van der Waals surface area contributed by atoms with Crippen LogP contribution in [-0.4, -0.2) is 111 Å². The third-order valence-corrected chi connectivity index (χ3v) is 18.0. The van der Waals surface area contributed by atoms with Gasteiger partial charge in [-0.3, -0.25) is 19.8 Å². The number of aromatic amines is 1. The van der Waals surface area contributed by atoms with Crippen molar-refractivity contribution in [2.75, 3.05) is 67.8 Å². The van der Waals surface area contributed by atoms with Gasteiger partial charge in [0.2, 0.25) is 15.7 Å². The number of sulfone groups is 1. The van der Waals surface area contributed by atoms with Crippen molar-refractivity contribution in [3.63, 3.8) is 0 Å². The number of nitro benzene ring substituents is 1. The highest BCUT2D eigenvalue weighted by Gasteiger charge is 2.51. The molecule has 1 saturated carbocycles. The highest BCUT2D eigenvalue weighted by atomic mass is 32.2. The number of likely N-dealkylation sites (tertiary alicyclic amines) is 1. The number of pyridine rings is 1. The number of primary amides is 1. The van der Waals surface area contributed by atoms with Gasteiger partial charge in [-0.15, -0.1) is 0 Å². The fraction of sp³-hybridized carbons (Fsp3) is 0.480. The van der Waals surface area contributed by atoms with Crippen molar-refractivity contribution in [2.24, 2.45) is 17.1 Å². The number of nitrogens with two attached hydrogens (primary N) is 1. The fourth-order valence-electron chi connectivity index (χ4n) is 12.6. The van der Waals surface area contributed by atoms with Gasteiger partial charge in [0.15, 0.2) is 11.4 Å². The Labute approximate surface area is 394 Å². The second kappa shape index (κ2) is 16.6. The van der Waals surface area contributed by atoms with E-state index in [2.05, 4.69) is 51.3 Å². The van der Waals surface area contributed by atoms with Crippen molar-refractivity contribution in [3.8, 4) is 11.6 Å². The molecule has 17 nitrogen and oxygen atoms in total. The molecule has 5 aromatic rings. The largest absolute Gasteiger partial charge is 0.489 e. The Kier molecular flexibility index (Phi) is 10.6. The molecule has 0 bridgehead atoms. The number of aryl methyl sites for hydroxylation is 1. The molecule has 1 spiro atoms. The average Bonchev–Trinajstić information content (AvgIpc) is 4.13. The topological polar surface area (TPSA) is 208 Å². The van der Waals surface area contributed by atoms with Crippen LogP contribution in [0.3, 0.4) is 0 Å². The lowest BCUT2D eigenvalue weighted by Gasteiger charge is -2.56. The molecule has 18 heteroatoms. The van der Waals surface area contributed by atoms with Gasteiger partial charge in [-0.25, -0.2) is 8.42 Å². The number of hydrogen-bond acceptors (Lipinski definition) is 14. The molecular weight excluding hydrogens is 889 g/mol. The molecule has 0 unspecified atom stereocenters. The Morgan fingerprint density at radius 3 is 2.54 bits per heavy atom. The summed E-state index contributed by atoms with van der Waals surface area (Å²) in [4.78, 5) is 40.3. The number of nitrogens with zero attached hydrogens (tertiary/aromatic N) is 5. The summed E-state index contributed by atoms with van der Waals surface area (Å²) in [5.74, 6) is -0.374. The van der Waals surface area contributed by atoms with Crippen LogP contribution in [0.5, 0.6) is 11.6 Å². The van der Waals surface area contributed by atoms with Gasteiger partial charge in [0.25, 0.3) is 11.6 Å². The zero-order valence-electron chi connectivity index (χ0n) is 38.0. The number of anilines is 4. The number of amides is 1. The number of fused-ring (bicyclic) bond motifs is 4. The Bertz CT molecular complexity index is 2940. The summed E-state index contributed by atoms with van der Waals surface area (Å²) in [6, 6.07) is 18.3. The van der Waals surface area contributed by atoms with E-state index in [0.29, 0.717) is 55.4 Å². The van der Waals surface area contributed by atoms with Gasteiger partial charge in [-0.05, 0) is 112 Å². The van der Waals surface area contributed by atoms with Gasteiger partial charge in [0.05, 0.1) is 52.1 Å². The monoisotopic (exact) mass is 944 g/mol. The molecule has 1 amide bonds. The fourth-order valence-corrected chi connectivity index (χ4v) is 14.3. The molecule has 5 fully saturated rings. The minimum absolute atomic E-state index is 0.0335. The van der Waals surface area contributed by atoms with Gasteiger partial charge in [-0.1, -0.05) is 24.3 Å². The van der Waals surface area contributed by atoms with Crippen LogP contribution in [0.25, 0.3) is 11.0 Å². The van der Waals surface area contributed by atoms with Crippen LogP contribution in [0.2, 0.25) is 0 Å². The van der Waals surface area contributed by atoms with Crippen molar-refractivity contribution < 1.29 is 37.1 Å². The molecule has 356 valence electrons. The first-order valence-corrected chi connectivity index (χ1v) is 25.5. The second-order valence-electron chi connectivity index (χ2n) is 19.9. The van der Waals surface area contributed by atoms with Crippen molar-refractivity contribution in [1.82, 2.24) is 14.9 Å². The average molecular weight is 945 g/mol. The Balaban J connectivity index is 0.954. The molecule has 3 aromatic carbocycles. The van der Waals surface area contributed by atoms with Crippen molar-refractivity contribution in [1.29, 1.82) is 0 Å². The summed E-state index contributed by atoms with van der Waals surface area (Å²) in [7, 11) is -4.75. The summed E-state index contributed by atoms with van der Waals surface area (Å²) in [6.45, 7) is 6.15. The number of nitro groups is 1. The molecule has 7 aliphatic rings. The number of hydrogen-bond donors (Lipinski definition) is 3. The van der Waals surface area contributed by atoms with E-state index in [1.165, 1.54) is 23.6 Å². The maximum Gasteiger partial charge on any atom is 0.297 e. The Hall–Kier alpha value is -5.95. The lowest BCUT2D eigenvalue weighted by molar-refractivity contribution is -0.384. The van der Waals surface area contributed by atoms with E-state index in [4.69, 9.17) is 29.7 Å². The zero-order chi connectivity index (χ0) is 46.5. The van der Waals surface area contributed by atoms with E-state index >= 15 is 8.42 Å². The summed E-state index contributed by atoms with van der Waals surface area (Å²) >= 11 is 0. The molecule has 1 aliphatic carbocycles. The van der Waals surface area contributed by atoms with Crippen LogP contribution in [0.1, 0.15) is 78.9 Å². The van der Waals surface area contributed by atoms with E-state index in [1.807, 2.05) is 12.1 Å². The number of H-pyrrole nitrogens is 1. The maximum atomic E-state index is 16.0. The van der Waals surface area contributed by atoms with E-state index in [9.17, 15) is 14.9 Å². The molecule has 6 aliphatic heterocycles. The molecule has 4 saturated heterocycles. The highest BCUT2D eigenvalue weighted by Crippen LogP contribution is 2.56. The maximum absolute atomic E-state index is 16.0. The summed E-state index contributed by atoms with van der Waals surface area (Å²) in [6.07, 6.45) is 8.93. The minimum atomic E-state index is -4.75. The van der Waals surface area contributed by atoms with E-state index in [0.717, 1.165) is 62.9 Å². The van der Waals surface area contributed by atoms with Crippen LogP contribution < -0.4 is 30.3 Å². The molecule has 0 radical (unpaired) electrons. The zero-order valence-corrected chi connectivity index (χ0v) is 38.8. The molecule has 4 atom stereocenters. The number of ether oxygens (including phenoxy) is 4. The van der Waals surface area contributed by atoms with Gasteiger partial charge >= 0.3 is 0 Å². The highest BCUT2D eigenvalue weighted by molar-refractivity contribution is 7.91. The van der Waals surface area contributed by atoms with Crippen LogP contribution >= 0.6 is 0 Å². The van der Waals surface area contributed by atoms with Crippen LogP contribution in [0, 0.1) is 28.4 Å². The van der Waals surface area contributed by atoms with Gasteiger partial charge in [-0.2, -0.15) is 4.98 Å². The molecule has 2 aromatic heterocycles. The molecule has 8 heterocycles. The summed E-state index contributed by atoms with van der Waals surface area (Å²) in [5, 5.41) is 17.1. The van der Waals surface area contributed by atoms with E-state index in [-0.39, 0.29) is 75.6 Å². The van der Waals surface area contributed by atoms with E-state index in [1.54, 1.807) is 23.2 Å². The molecule has 4 N–H and O–H groups in total. The van der Waals surface area contributed by atoms with E-state index < -0.39 is 38.5 Å². The molecule has 68 heavy (non-hydrogen) atoms. The third kappa shape index (κ3) is 7.16. The number of rotatable bonds is 9. The normalized spacial score (nSPS) is 25.0. The smallest absolute Gasteiger partial charge is 0.297 e. The predicted molar refractivity (Wildman–Crippen MR) is 254 cm³/mol. The lowest BCUT2D eigenvalue weighted by Crippen LogP contribution is -2.55. The van der Waals surface area contributed by atoms with Crippen molar-refractivity contribution in [3.05, 3.63) is 93.7 Å². The van der Waals surface area contributed by atoms with Crippen molar-refractivity contribution in [2.45, 2.75) is 98.4 Å². The number of nitrogens with one attached hydrogen (secondary N) is 2. The summed E-state index contributed by atoms with van der Waals surface area (Å²) in [5.41, 5.74) is 10.2.